The van der Waals surface area contributed by atoms with Crippen molar-refractivity contribution in [1.29, 1.82) is 0 Å². The van der Waals surface area contributed by atoms with Crippen LogP contribution in [0, 0.1) is 0 Å². The molecule has 0 saturated carbocycles. The lowest BCUT2D eigenvalue weighted by molar-refractivity contribution is -0.154. The van der Waals surface area contributed by atoms with Crippen molar-refractivity contribution in [3.63, 3.8) is 0 Å². The fraction of sp³-hybridized carbons (Fsp3) is 0.333. The number of carboxylic acids is 2. The van der Waals surface area contributed by atoms with Crippen molar-refractivity contribution >= 4 is 29.5 Å². The number of amides is 1. The highest BCUT2D eigenvalue weighted by Gasteiger charge is 2.17. The van der Waals surface area contributed by atoms with Crippen LogP contribution in [0.2, 0.25) is 0 Å². The number of aryl methyl sites for hydroxylation is 1. The van der Waals surface area contributed by atoms with Gasteiger partial charge < -0.3 is 20.3 Å². The van der Waals surface area contributed by atoms with Crippen molar-refractivity contribution in [2.75, 3.05) is 5.32 Å². The standard InChI is InChI=1S/C18H21NO7/c1-18(2,3)26-16(23)9-5-11-10-12(17(24)25)4-6-13(11)19-14(20)7-8-15(21)22/h4,6-8,10H,5,9H2,1-3H3,(H,19,20)(H,21,22)(H,24,25)/b8-7-. The zero-order valence-corrected chi connectivity index (χ0v) is 14.7. The Labute approximate surface area is 150 Å². The van der Waals surface area contributed by atoms with Crippen molar-refractivity contribution < 1.29 is 34.1 Å². The summed E-state index contributed by atoms with van der Waals surface area (Å²) in [7, 11) is 0. The number of esters is 1. The van der Waals surface area contributed by atoms with Crippen LogP contribution in [0.5, 0.6) is 0 Å². The van der Waals surface area contributed by atoms with E-state index in [0.717, 1.165) is 6.08 Å². The molecule has 26 heavy (non-hydrogen) atoms. The monoisotopic (exact) mass is 363 g/mol. The van der Waals surface area contributed by atoms with Gasteiger partial charge in [0.25, 0.3) is 0 Å². The van der Waals surface area contributed by atoms with Gasteiger partial charge in [-0.15, -0.1) is 0 Å². The number of hydrogen-bond donors (Lipinski definition) is 3. The van der Waals surface area contributed by atoms with E-state index in [4.69, 9.17) is 14.9 Å². The summed E-state index contributed by atoms with van der Waals surface area (Å²) in [6, 6.07) is 4.04. The van der Waals surface area contributed by atoms with E-state index in [2.05, 4.69) is 5.32 Å². The predicted octanol–water partition coefficient (Wildman–Crippen LogP) is 2.24. The summed E-state index contributed by atoms with van der Waals surface area (Å²) in [5, 5.41) is 20.1. The molecule has 8 heteroatoms. The Morgan fingerprint density at radius 3 is 2.31 bits per heavy atom. The molecule has 0 heterocycles. The number of carbonyl (C=O) groups is 4. The van der Waals surface area contributed by atoms with Crippen LogP contribution in [0.25, 0.3) is 0 Å². The van der Waals surface area contributed by atoms with E-state index in [0.29, 0.717) is 17.3 Å². The molecule has 0 radical (unpaired) electrons. The Bertz CT molecular complexity index is 744. The Balaban J connectivity index is 2.96. The molecular weight excluding hydrogens is 342 g/mol. The molecule has 3 N–H and O–H groups in total. The minimum absolute atomic E-state index is 0.00302. The number of ether oxygens (including phenoxy) is 1. The summed E-state index contributed by atoms with van der Waals surface area (Å²) in [6.45, 7) is 5.20. The van der Waals surface area contributed by atoms with Crippen LogP contribution in [-0.4, -0.2) is 39.6 Å². The molecule has 140 valence electrons. The molecule has 0 atom stereocenters. The van der Waals surface area contributed by atoms with E-state index < -0.39 is 29.4 Å². The normalized spacial score (nSPS) is 11.2. The molecular formula is C18H21NO7. The number of carbonyl (C=O) groups excluding carboxylic acids is 2. The molecule has 1 rings (SSSR count). The van der Waals surface area contributed by atoms with E-state index >= 15 is 0 Å². The molecule has 0 aliphatic carbocycles. The number of benzene rings is 1. The van der Waals surface area contributed by atoms with Gasteiger partial charge >= 0.3 is 17.9 Å². The van der Waals surface area contributed by atoms with Gasteiger partial charge in [0.2, 0.25) is 5.91 Å². The molecule has 0 aliphatic rings. The van der Waals surface area contributed by atoms with E-state index in [1.165, 1.54) is 18.2 Å². The highest BCUT2D eigenvalue weighted by molar-refractivity contribution is 6.03. The van der Waals surface area contributed by atoms with Crippen molar-refractivity contribution in [3.05, 3.63) is 41.5 Å². The maximum absolute atomic E-state index is 11.9. The lowest BCUT2D eigenvalue weighted by atomic mass is 10.0. The van der Waals surface area contributed by atoms with E-state index in [-0.39, 0.29) is 18.4 Å². The second-order valence-corrected chi connectivity index (χ2v) is 6.42. The SMILES string of the molecule is CC(C)(C)OC(=O)CCc1cc(C(=O)O)ccc1NC(=O)/C=C\C(=O)O. The quantitative estimate of drug-likeness (QED) is 0.500. The summed E-state index contributed by atoms with van der Waals surface area (Å²) in [5.74, 6) is -3.56. The predicted molar refractivity (Wildman–Crippen MR) is 93.0 cm³/mol. The Hall–Kier alpha value is -3.16. The molecule has 1 amide bonds. The third kappa shape index (κ3) is 7.61. The van der Waals surface area contributed by atoms with E-state index in [9.17, 15) is 19.2 Å². The maximum atomic E-state index is 11.9. The van der Waals surface area contributed by atoms with Crippen molar-refractivity contribution in [2.24, 2.45) is 0 Å². The minimum atomic E-state index is -1.27. The summed E-state index contributed by atoms with van der Waals surface area (Å²) in [4.78, 5) is 45.2. The van der Waals surface area contributed by atoms with Crippen LogP contribution >= 0.6 is 0 Å². The summed E-state index contributed by atoms with van der Waals surface area (Å²) in [5.41, 5.74) is 0.0771. The average Bonchev–Trinajstić information content (AvgIpc) is 2.50. The van der Waals surface area contributed by atoms with Crippen LogP contribution < -0.4 is 5.32 Å². The van der Waals surface area contributed by atoms with Crippen LogP contribution in [0.1, 0.15) is 43.1 Å². The fourth-order valence-corrected chi connectivity index (χ4v) is 2.01. The van der Waals surface area contributed by atoms with Gasteiger partial charge in [0, 0.05) is 24.3 Å². The van der Waals surface area contributed by atoms with Crippen molar-refractivity contribution in [3.8, 4) is 0 Å². The maximum Gasteiger partial charge on any atom is 0.335 e. The Morgan fingerprint density at radius 1 is 1.12 bits per heavy atom. The largest absolute Gasteiger partial charge is 0.478 e. The van der Waals surface area contributed by atoms with E-state index in [1.54, 1.807) is 20.8 Å². The van der Waals surface area contributed by atoms with Gasteiger partial charge in [-0.3, -0.25) is 9.59 Å². The number of aliphatic carboxylic acids is 1. The molecule has 8 nitrogen and oxygen atoms in total. The van der Waals surface area contributed by atoms with Crippen LogP contribution in [0.15, 0.2) is 30.4 Å². The summed E-state index contributed by atoms with van der Waals surface area (Å²) >= 11 is 0. The third-order valence-corrected chi connectivity index (χ3v) is 3.01. The van der Waals surface area contributed by atoms with E-state index in [1.807, 2.05) is 0 Å². The smallest absolute Gasteiger partial charge is 0.335 e. The molecule has 0 spiro atoms. The molecule has 0 bridgehead atoms. The number of rotatable bonds is 7. The lowest BCUT2D eigenvalue weighted by Gasteiger charge is -2.19. The number of hydrogen-bond acceptors (Lipinski definition) is 5. The molecule has 1 aromatic carbocycles. The van der Waals surface area contributed by atoms with Crippen LogP contribution in [0.4, 0.5) is 5.69 Å². The Kier molecular flexibility index (Phi) is 7.06. The molecule has 0 aromatic heterocycles. The van der Waals surface area contributed by atoms with Crippen molar-refractivity contribution in [1.82, 2.24) is 0 Å². The average molecular weight is 363 g/mol. The molecule has 1 aromatic rings. The van der Waals surface area contributed by atoms with Gasteiger partial charge in [-0.2, -0.15) is 0 Å². The van der Waals surface area contributed by atoms with Gasteiger partial charge in [0.15, 0.2) is 0 Å². The third-order valence-electron chi connectivity index (χ3n) is 3.01. The van der Waals surface area contributed by atoms with Gasteiger partial charge in [-0.25, -0.2) is 9.59 Å². The number of anilines is 1. The molecule has 0 saturated heterocycles. The van der Waals surface area contributed by atoms with Crippen LogP contribution in [0.3, 0.4) is 0 Å². The van der Waals surface area contributed by atoms with Gasteiger partial charge in [0.1, 0.15) is 5.60 Å². The number of carboxylic acid groups (broad SMARTS) is 2. The first-order chi connectivity index (χ1) is 12.0. The summed E-state index contributed by atoms with van der Waals surface area (Å²) in [6.07, 6.45) is 1.66. The lowest BCUT2D eigenvalue weighted by Crippen LogP contribution is -2.24. The zero-order valence-electron chi connectivity index (χ0n) is 14.7. The summed E-state index contributed by atoms with van der Waals surface area (Å²) < 4.78 is 5.20. The minimum Gasteiger partial charge on any atom is -0.478 e. The second-order valence-electron chi connectivity index (χ2n) is 6.42. The number of nitrogens with one attached hydrogen (secondary N) is 1. The van der Waals surface area contributed by atoms with Crippen molar-refractivity contribution in [2.45, 2.75) is 39.2 Å². The topological polar surface area (TPSA) is 130 Å². The first-order valence-corrected chi connectivity index (χ1v) is 7.78. The van der Waals surface area contributed by atoms with Gasteiger partial charge in [0.05, 0.1) is 5.56 Å². The highest BCUT2D eigenvalue weighted by atomic mass is 16.6. The van der Waals surface area contributed by atoms with Gasteiger partial charge in [-0.05, 0) is 51.0 Å². The number of aromatic carboxylic acids is 1. The first-order valence-electron chi connectivity index (χ1n) is 7.78. The zero-order chi connectivity index (χ0) is 19.9. The second kappa shape index (κ2) is 8.80. The fourth-order valence-electron chi connectivity index (χ4n) is 2.01. The molecule has 0 fully saturated rings. The molecule has 0 unspecified atom stereocenters. The highest BCUT2D eigenvalue weighted by Crippen LogP contribution is 2.21. The van der Waals surface area contributed by atoms with Gasteiger partial charge in [-0.1, -0.05) is 0 Å². The van der Waals surface area contributed by atoms with Crippen LogP contribution in [-0.2, 0) is 25.5 Å². The molecule has 0 aliphatic heterocycles. The first kappa shape index (κ1) is 20.9. The Morgan fingerprint density at radius 2 is 1.77 bits per heavy atom.